The fourth-order valence-electron chi connectivity index (χ4n) is 7.89. The van der Waals surface area contributed by atoms with Crippen LogP contribution in [0.2, 0.25) is 0 Å². The van der Waals surface area contributed by atoms with Crippen LogP contribution in [0.5, 0.6) is 0 Å². The van der Waals surface area contributed by atoms with Gasteiger partial charge in [0.05, 0.1) is 0 Å². The number of benzene rings is 9. The molecule has 0 spiro atoms. The predicted molar refractivity (Wildman–Crippen MR) is 208 cm³/mol. The van der Waals surface area contributed by atoms with Gasteiger partial charge in [0.25, 0.3) is 0 Å². The number of furan rings is 1. The first kappa shape index (κ1) is 27.7. The smallest absolute Gasteiger partial charge is 0.136 e. The lowest BCUT2D eigenvalue weighted by Gasteiger charge is -2.19. The molecular weight excluding hydrogens is 593 g/mol. The Kier molecular flexibility index (Phi) is 6.25. The molecule has 0 amide bonds. The monoisotopic (exact) mass is 622 g/mol. The number of rotatable bonds is 4. The van der Waals surface area contributed by atoms with E-state index in [0.717, 1.165) is 16.6 Å². The molecule has 9 aromatic carbocycles. The van der Waals surface area contributed by atoms with Crippen LogP contribution < -0.4 is 0 Å². The number of fused-ring (bicyclic) bond motifs is 7. The van der Waals surface area contributed by atoms with Crippen molar-refractivity contribution in [2.24, 2.45) is 0 Å². The van der Waals surface area contributed by atoms with E-state index < -0.39 is 0 Å². The van der Waals surface area contributed by atoms with Crippen LogP contribution in [0.15, 0.2) is 186 Å². The van der Waals surface area contributed by atoms with E-state index in [1.165, 1.54) is 82.2 Å². The molecule has 1 nitrogen and oxygen atoms in total. The van der Waals surface area contributed by atoms with Gasteiger partial charge in [-0.15, -0.1) is 0 Å². The Hall–Kier alpha value is -6.44. The largest absolute Gasteiger partial charge is 0.456 e. The third kappa shape index (κ3) is 4.40. The minimum absolute atomic E-state index is 0.918. The van der Waals surface area contributed by atoms with E-state index in [4.69, 9.17) is 4.42 Å². The quantitative estimate of drug-likeness (QED) is 0.178. The van der Waals surface area contributed by atoms with E-state index in [-0.39, 0.29) is 0 Å². The Labute approximate surface area is 284 Å². The SMILES string of the molecule is c1ccc(-c2c3ccccc3c(-c3ccccc3)c3cc(-c4cccc(-c5cccc6ccc7oc8ccccc8c7c56)c4)ccc23)cc1. The van der Waals surface area contributed by atoms with Crippen LogP contribution in [-0.2, 0) is 0 Å². The van der Waals surface area contributed by atoms with E-state index in [2.05, 4.69) is 176 Å². The first-order chi connectivity index (χ1) is 24.3. The maximum absolute atomic E-state index is 6.31. The van der Waals surface area contributed by atoms with E-state index in [0.29, 0.717) is 0 Å². The summed E-state index contributed by atoms with van der Waals surface area (Å²) in [5.74, 6) is 0. The number of hydrogen-bond donors (Lipinski definition) is 0. The lowest BCUT2D eigenvalue weighted by molar-refractivity contribution is 0.669. The molecule has 0 radical (unpaired) electrons. The van der Waals surface area contributed by atoms with Crippen molar-refractivity contribution in [3.63, 3.8) is 0 Å². The first-order valence-electron chi connectivity index (χ1n) is 16.8. The summed E-state index contributed by atoms with van der Waals surface area (Å²) in [5.41, 5.74) is 11.6. The topological polar surface area (TPSA) is 13.1 Å². The highest BCUT2D eigenvalue weighted by Gasteiger charge is 2.18. The van der Waals surface area contributed by atoms with Crippen molar-refractivity contribution in [2.45, 2.75) is 0 Å². The summed E-state index contributed by atoms with van der Waals surface area (Å²) in [5, 5.41) is 9.80. The van der Waals surface area contributed by atoms with E-state index in [9.17, 15) is 0 Å². The van der Waals surface area contributed by atoms with Gasteiger partial charge in [0.2, 0.25) is 0 Å². The van der Waals surface area contributed by atoms with Gasteiger partial charge < -0.3 is 4.42 Å². The predicted octanol–water partition coefficient (Wildman–Crippen LogP) is 13.7. The lowest BCUT2D eigenvalue weighted by Crippen LogP contribution is -1.91. The summed E-state index contributed by atoms with van der Waals surface area (Å²) in [6.45, 7) is 0. The molecule has 0 N–H and O–H groups in total. The van der Waals surface area contributed by atoms with Gasteiger partial charge in [0, 0.05) is 16.2 Å². The Bertz CT molecular complexity index is 2860. The highest BCUT2D eigenvalue weighted by Crippen LogP contribution is 2.45. The number of hydrogen-bond acceptors (Lipinski definition) is 1. The Morgan fingerprint density at radius 3 is 1.61 bits per heavy atom. The van der Waals surface area contributed by atoms with Gasteiger partial charge in [-0.25, -0.2) is 0 Å². The highest BCUT2D eigenvalue weighted by atomic mass is 16.3. The molecule has 10 rings (SSSR count). The molecule has 0 aliphatic heterocycles. The molecule has 49 heavy (non-hydrogen) atoms. The van der Waals surface area contributed by atoms with Crippen molar-refractivity contribution in [3.05, 3.63) is 182 Å². The third-order valence-electron chi connectivity index (χ3n) is 10.0. The minimum Gasteiger partial charge on any atom is -0.456 e. The molecule has 1 heterocycles. The molecule has 0 aliphatic rings. The molecule has 228 valence electrons. The molecule has 0 fully saturated rings. The van der Waals surface area contributed by atoms with Crippen molar-refractivity contribution in [1.29, 1.82) is 0 Å². The molecule has 0 aliphatic carbocycles. The molecule has 1 heteroatoms. The second-order valence-corrected chi connectivity index (χ2v) is 12.8. The summed E-state index contributed by atoms with van der Waals surface area (Å²) >= 11 is 0. The van der Waals surface area contributed by atoms with Crippen molar-refractivity contribution in [1.82, 2.24) is 0 Å². The lowest BCUT2D eigenvalue weighted by atomic mass is 9.84. The molecule has 0 unspecified atom stereocenters. The molecule has 1 aromatic heterocycles. The molecule has 0 saturated carbocycles. The number of para-hydroxylation sites is 1. The van der Waals surface area contributed by atoms with E-state index >= 15 is 0 Å². The van der Waals surface area contributed by atoms with Crippen LogP contribution >= 0.6 is 0 Å². The highest BCUT2D eigenvalue weighted by molar-refractivity contribution is 6.24. The zero-order valence-electron chi connectivity index (χ0n) is 26.7. The molecular formula is C48H30O. The average molecular weight is 623 g/mol. The molecule has 0 bridgehead atoms. The normalized spacial score (nSPS) is 11.7. The van der Waals surface area contributed by atoms with Crippen molar-refractivity contribution >= 4 is 54.3 Å². The second kappa shape index (κ2) is 11.1. The van der Waals surface area contributed by atoms with Crippen LogP contribution in [0.1, 0.15) is 0 Å². The molecule has 0 saturated heterocycles. The first-order valence-corrected chi connectivity index (χ1v) is 16.8. The van der Waals surface area contributed by atoms with Gasteiger partial charge in [-0.1, -0.05) is 158 Å². The van der Waals surface area contributed by atoms with Gasteiger partial charge in [0.15, 0.2) is 0 Å². The van der Waals surface area contributed by atoms with Gasteiger partial charge in [0.1, 0.15) is 11.2 Å². The van der Waals surface area contributed by atoms with Gasteiger partial charge >= 0.3 is 0 Å². The summed E-state index contributed by atoms with van der Waals surface area (Å²) in [4.78, 5) is 0. The van der Waals surface area contributed by atoms with Crippen LogP contribution in [0.4, 0.5) is 0 Å². The summed E-state index contributed by atoms with van der Waals surface area (Å²) in [7, 11) is 0. The molecule has 10 aromatic rings. The second-order valence-electron chi connectivity index (χ2n) is 12.8. The standard InChI is InChI=1S/C48H30O/c1-3-13-31(14-4-1)45-38-20-7-8-21-39(38)46(32-15-5-2-6-16-32)42-30-35(25-27-40(42)45)34-18-11-19-36(29-34)37-23-12-17-33-26-28-44-48(47(33)37)41-22-9-10-24-43(41)49-44/h1-30H. The van der Waals surface area contributed by atoms with Gasteiger partial charge in [-0.05, 0) is 95.7 Å². The Morgan fingerprint density at radius 1 is 0.286 bits per heavy atom. The molecule has 0 atom stereocenters. The van der Waals surface area contributed by atoms with E-state index in [1.807, 2.05) is 6.07 Å². The van der Waals surface area contributed by atoms with Gasteiger partial charge in [-0.2, -0.15) is 0 Å². The zero-order chi connectivity index (χ0) is 32.3. The van der Waals surface area contributed by atoms with Gasteiger partial charge in [-0.3, -0.25) is 0 Å². The zero-order valence-corrected chi connectivity index (χ0v) is 26.7. The van der Waals surface area contributed by atoms with Crippen molar-refractivity contribution in [2.75, 3.05) is 0 Å². The maximum Gasteiger partial charge on any atom is 0.136 e. The van der Waals surface area contributed by atoms with Crippen LogP contribution in [0.25, 0.3) is 98.8 Å². The van der Waals surface area contributed by atoms with Crippen molar-refractivity contribution < 1.29 is 4.42 Å². The maximum atomic E-state index is 6.31. The summed E-state index contributed by atoms with van der Waals surface area (Å²) < 4.78 is 6.31. The fourth-order valence-corrected chi connectivity index (χ4v) is 7.89. The minimum atomic E-state index is 0.918. The van der Waals surface area contributed by atoms with Crippen LogP contribution in [-0.4, -0.2) is 0 Å². The Morgan fingerprint density at radius 2 is 0.857 bits per heavy atom. The average Bonchev–Trinajstić information content (AvgIpc) is 3.56. The third-order valence-corrected chi connectivity index (χ3v) is 10.0. The fraction of sp³-hybridized carbons (Fsp3) is 0. The van der Waals surface area contributed by atoms with Crippen LogP contribution in [0, 0.1) is 0 Å². The Balaban J connectivity index is 1.23. The summed E-state index contributed by atoms with van der Waals surface area (Å²) in [6, 6.07) is 65.8. The van der Waals surface area contributed by atoms with Crippen molar-refractivity contribution in [3.8, 4) is 44.5 Å². The summed E-state index contributed by atoms with van der Waals surface area (Å²) in [6.07, 6.45) is 0. The van der Waals surface area contributed by atoms with Crippen LogP contribution in [0.3, 0.4) is 0 Å². The van der Waals surface area contributed by atoms with E-state index in [1.54, 1.807) is 0 Å².